The third-order valence-corrected chi connectivity index (χ3v) is 0.628. The smallest absolute Gasteiger partial charge is 0.0283 e. The van der Waals surface area contributed by atoms with E-state index in [0.717, 1.165) is 5.57 Å². The van der Waals surface area contributed by atoms with Crippen LogP contribution in [0.25, 0.3) is 0 Å². The van der Waals surface area contributed by atoms with Gasteiger partial charge in [0.1, 0.15) is 0 Å². The maximum absolute atomic E-state index is 3.69. The minimum absolute atomic E-state index is 1.06. The van der Waals surface area contributed by atoms with Crippen molar-refractivity contribution in [2.45, 2.75) is 6.92 Å². The molecule has 43 valence electrons. The Morgan fingerprint density at radius 1 is 1.38 bits per heavy atom. The van der Waals surface area contributed by atoms with Gasteiger partial charge in [-0.1, -0.05) is 36.5 Å². The van der Waals surface area contributed by atoms with Crippen LogP contribution in [-0.4, -0.2) is 0 Å². The Hall–Kier alpha value is -0.780. The van der Waals surface area contributed by atoms with Crippen molar-refractivity contribution in [2.24, 2.45) is 0 Å². The molecular formula is C8H11. The first-order valence-corrected chi connectivity index (χ1v) is 2.55. The van der Waals surface area contributed by atoms with Gasteiger partial charge in [0.25, 0.3) is 0 Å². The molecule has 0 aliphatic rings. The third kappa shape index (κ3) is 5.22. The third-order valence-electron chi connectivity index (χ3n) is 0.628. The van der Waals surface area contributed by atoms with E-state index < -0.39 is 0 Å². The van der Waals surface area contributed by atoms with E-state index in [4.69, 9.17) is 0 Å². The zero-order valence-electron chi connectivity index (χ0n) is 5.22. The van der Waals surface area contributed by atoms with Crippen LogP contribution in [0.15, 0.2) is 36.5 Å². The minimum atomic E-state index is 1.06. The minimum Gasteiger partial charge on any atom is -0.0991 e. The van der Waals surface area contributed by atoms with Gasteiger partial charge in [-0.2, -0.15) is 0 Å². The Balaban J connectivity index is 3.57. The summed E-state index contributed by atoms with van der Waals surface area (Å²) in [5.74, 6) is 0. The van der Waals surface area contributed by atoms with Crippen molar-refractivity contribution in [3.8, 4) is 0 Å². The maximum atomic E-state index is 3.69. The molecule has 0 N–H and O–H groups in total. The average Bonchev–Trinajstić information content (AvgIpc) is 1.66. The van der Waals surface area contributed by atoms with E-state index in [1.54, 1.807) is 6.08 Å². The summed E-state index contributed by atoms with van der Waals surface area (Å²) in [5.41, 5.74) is 1.06. The van der Waals surface area contributed by atoms with E-state index >= 15 is 0 Å². The zero-order chi connectivity index (χ0) is 6.41. The summed E-state index contributed by atoms with van der Waals surface area (Å²) in [6, 6.07) is 0. The van der Waals surface area contributed by atoms with Crippen molar-refractivity contribution in [3.63, 3.8) is 0 Å². The lowest BCUT2D eigenvalue weighted by Crippen LogP contribution is -1.57. The van der Waals surface area contributed by atoms with E-state index in [9.17, 15) is 0 Å². The predicted octanol–water partition coefficient (Wildman–Crippen LogP) is 2.51. The van der Waals surface area contributed by atoms with Crippen LogP contribution in [0.5, 0.6) is 0 Å². The molecule has 8 heavy (non-hydrogen) atoms. The molecular weight excluding hydrogens is 96.1 g/mol. The van der Waals surface area contributed by atoms with Crippen LogP contribution in [0.1, 0.15) is 6.92 Å². The van der Waals surface area contributed by atoms with Crippen molar-refractivity contribution >= 4 is 0 Å². The molecule has 0 fully saturated rings. The molecule has 0 heteroatoms. The highest BCUT2D eigenvalue weighted by Crippen LogP contribution is 1.87. The molecule has 0 heterocycles. The molecule has 0 bridgehead atoms. The first-order valence-electron chi connectivity index (χ1n) is 2.55. The summed E-state index contributed by atoms with van der Waals surface area (Å²) in [7, 11) is 0. The Morgan fingerprint density at radius 3 is 2.38 bits per heavy atom. The lowest BCUT2D eigenvalue weighted by molar-refractivity contribution is 1.53. The van der Waals surface area contributed by atoms with Crippen LogP contribution in [0.3, 0.4) is 0 Å². The summed E-state index contributed by atoms with van der Waals surface area (Å²) in [6.07, 6.45) is 7.45. The van der Waals surface area contributed by atoms with Gasteiger partial charge >= 0.3 is 0 Å². The van der Waals surface area contributed by atoms with Crippen LogP contribution < -0.4 is 0 Å². The van der Waals surface area contributed by atoms with Crippen LogP contribution in [-0.2, 0) is 0 Å². The molecule has 0 rings (SSSR count). The predicted molar refractivity (Wildman–Crippen MR) is 38.5 cm³/mol. The van der Waals surface area contributed by atoms with Crippen molar-refractivity contribution in [1.82, 2.24) is 0 Å². The van der Waals surface area contributed by atoms with Gasteiger partial charge in [0, 0.05) is 0 Å². The quantitative estimate of drug-likeness (QED) is 0.475. The molecule has 0 aromatic heterocycles. The SMILES string of the molecule is [CH2]C(C)=CC=CC=C. The van der Waals surface area contributed by atoms with Gasteiger partial charge in [0.05, 0.1) is 0 Å². The number of hydrogen-bond donors (Lipinski definition) is 0. The van der Waals surface area contributed by atoms with Crippen molar-refractivity contribution < 1.29 is 0 Å². The summed E-state index contributed by atoms with van der Waals surface area (Å²) in [4.78, 5) is 0. The fourth-order valence-corrected chi connectivity index (χ4v) is 0.298. The first-order chi connectivity index (χ1) is 3.77. The second kappa shape index (κ2) is 4.38. The molecule has 0 aromatic rings. The molecule has 0 spiro atoms. The monoisotopic (exact) mass is 107 g/mol. The topological polar surface area (TPSA) is 0 Å². The second-order valence-electron chi connectivity index (χ2n) is 1.63. The molecule has 0 aliphatic heterocycles. The fourth-order valence-electron chi connectivity index (χ4n) is 0.298. The Morgan fingerprint density at radius 2 is 2.00 bits per heavy atom. The van der Waals surface area contributed by atoms with Gasteiger partial charge in [-0.25, -0.2) is 0 Å². The van der Waals surface area contributed by atoms with E-state index in [0.29, 0.717) is 0 Å². The second-order valence-corrected chi connectivity index (χ2v) is 1.63. The Labute approximate surface area is 51.2 Å². The van der Waals surface area contributed by atoms with Crippen molar-refractivity contribution in [1.29, 1.82) is 0 Å². The standard InChI is InChI=1S/C8H11/c1-4-5-6-7-8(2)3/h4-7H,1-2H2,3H3. The van der Waals surface area contributed by atoms with E-state index in [2.05, 4.69) is 13.5 Å². The zero-order valence-corrected chi connectivity index (χ0v) is 5.22. The van der Waals surface area contributed by atoms with Crippen molar-refractivity contribution in [2.75, 3.05) is 0 Å². The Kier molecular flexibility index (Phi) is 3.95. The highest BCUT2D eigenvalue weighted by atomic mass is 13.7. The van der Waals surface area contributed by atoms with Gasteiger partial charge in [0.2, 0.25) is 0 Å². The van der Waals surface area contributed by atoms with E-state index in [1.165, 1.54) is 0 Å². The molecule has 0 nitrogen and oxygen atoms in total. The molecule has 0 amide bonds. The summed E-state index contributed by atoms with van der Waals surface area (Å²) < 4.78 is 0. The molecule has 0 atom stereocenters. The number of rotatable bonds is 2. The van der Waals surface area contributed by atoms with Gasteiger partial charge in [-0.05, 0) is 13.8 Å². The fraction of sp³-hybridized carbons (Fsp3) is 0.125. The largest absolute Gasteiger partial charge is 0.0991 e. The molecule has 0 saturated heterocycles. The molecule has 0 aliphatic carbocycles. The van der Waals surface area contributed by atoms with Crippen molar-refractivity contribution in [3.05, 3.63) is 43.4 Å². The number of allylic oxidation sites excluding steroid dienone is 5. The highest BCUT2D eigenvalue weighted by Gasteiger charge is 1.66. The van der Waals surface area contributed by atoms with Gasteiger partial charge < -0.3 is 0 Å². The van der Waals surface area contributed by atoms with Gasteiger partial charge in [0.15, 0.2) is 0 Å². The molecule has 0 saturated carbocycles. The lowest BCUT2D eigenvalue weighted by atomic mass is 10.3. The first kappa shape index (κ1) is 7.22. The normalized spacial score (nSPS) is 12.5. The van der Waals surface area contributed by atoms with Crippen LogP contribution in [0, 0.1) is 6.92 Å². The average molecular weight is 107 g/mol. The molecule has 1 radical (unpaired) electrons. The van der Waals surface area contributed by atoms with Gasteiger partial charge in [-0.15, -0.1) is 0 Å². The van der Waals surface area contributed by atoms with Gasteiger partial charge in [-0.3, -0.25) is 0 Å². The van der Waals surface area contributed by atoms with Crippen LogP contribution in [0.4, 0.5) is 0 Å². The molecule has 0 aromatic carbocycles. The Bertz CT molecular complexity index is 112. The molecule has 0 unspecified atom stereocenters. The summed E-state index contributed by atoms with van der Waals surface area (Å²) in [5, 5.41) is 0. The van der Waals surface area contributed by atoms with E-state index in [1.807, 2.05) is 25.2 Å². The highest BCUT2D eigenvalue weighted by molar-refractivity contribution is 5.15. The maximum Gasteiger partial charge on any atom is -0.0283 e. The van der Waals surface area contributed by atoms with Crippen LogP contribution >= 0.6 is 0 Å². The van der Waals surface area contributed by atoms with Crippen LogP contribution in [0.2, 0.25) is 0 Å². The lowest BCUT2D eigenvalue weighted by Gasteiger charge is -1.78. The summed E-state index contributed by atoms with van der Waals surface area (Å²) in [6.45, 7) is 9.16. The van der Waals surface area contributed by atoms with E-state index in [-0.39, 0.29) is 0 Å². The summed E-state index contributed by atoms with van der Waals surface area (Å²) >= 11 is 0. The number of hydrogen-bond acceptors (Lipinski definition) is 0.